The van der Waals surface area contributed by atoms with Crippen LogP contribution in [0.3, 0.4) is 0 Å². The number of rotatable bonds is 7. The van der Waals surface area contributed by atoms with Crippen LogP contribution in [0.15, 0.2) is 24.3 Å². The molecule has 0 aliphatic carbocycles. The molecule has 0 spiro atoms. The van der Waals surface area contributed by atoms with E-state index < -0.39 is 0 Å². The Labute approximate surface area is 109 Å². The molecule has 1 unspecified atom stereocenters. The molecule has 1 aromatic carbocycles. The molecule has 0 N–H and O–H groups in total. The predicted molar refractivity (Wildman–Crippen MR) is 73.5 cm³/mol. The van der Waals surface area contributed by atoms with Crippen molar-refractivity contribution in [2.75, 3.05) is 0 Å². The third-order valence-corrected chi connectivity index (χ3v) is 3.48. The van der Waals surface area contributed by atoms with Gasteiger partial charge < -0.3 is 0 Å². The van der Waals surface area contributed by atoms with Crippen LogP contribution in [0.1, 0.15) is 45.1 Å². The summed E-state index contributed by atoms with van der Waals surface area (Å²) in [7, 11) is 0. The quantitative estimate of drug-likeness (QED) is 0.645. The van der Waals surface area contributed by atoms with Crippen molar-refractivity contribution in [3.05, 3.63) is 34.9 Å². The van der Waals surface area contributed by atoms with E-state index in [1.807, 2.05) is 31.2 Å². The fraction of sp³-hybridized carbons (Fsp3) is 0.533. The normalized spacial score (nSPS) is 12.4. The second-order valence-corrected chi connectivity index (χ2v) is 5.04. The predicted octanol–water partition coefficient (Wildman–Crippen LogP) is 4.67. The Hall–Kier alpha value is -0.820. The van der Waals surface area contributed by atoms with E-state index >= 15 is 0 Å². The lowest BCUT2D eigenvalue weighted by Crippen LogP contribution is -2.13. The van der Waals surface area contributed by atoms with Crippen molar-refractivity contribution in [3.8, 4) is 0 Å². The molecule has 17 heavy (non-hydrogen) atoms. The van der Waals surface area contributed by atoms with E-state index in [9.17, 15) is 4.79 Å². The topological polar surface area (TPSA) is 17.1 Å². The van der Waals surface area contributed by atoms with E-state index in [0.717, 1.165) is 18.4 Å². The van der Waals surface area contributed by atoms with Gasteiger partial charge in [0, 0.05) is 17.4 Å². The largest absolute Gasteiger partial charge is 0.299 e. The van der Waals surface area contributed by atoms with Gasteiger partial charge in [0.25, 0.3) is 0 Å². The van der Waals surface area contributed by atoms with Crippen LogP contribution in [0.4, 0.5) is 0 Å². The number of hydrogen-bond acceptors (Lipinski definition) is 1. The molecule has 0 radical (unpaired) electrons. The third-order valence-electron chi connectivity index (χ3n) is 3.11. The summed E-state index contributed by atoms with van der Waals surface area (Å²) in [5.41, 5.74) is 0.946. The first-order valence-electron chi connectivity index (χ1n) is 6.41. The third kappa shape index (κ3) is 4.91. The Balaban J connectivity index is 2.46. The highest BCUT2D eigenvalue weighted by molar-refractivity contribution is 6.31. The van der Waals surface area contributed by atoms with E-state index in [1.165, 1.54) is 12.8 Å². The first-order valence-corrected chi connectivity index (χ1v) is 6.79. The summed E-state index contributed by atoms with van der Waals surface area (Å²) in [5, 5.41) is 0.696. The van der Waals surface area contributed by atoms with E-state index in [0.29, 0.717) is 17.2 Å². The number of carbonyl (C=O) groups is 1. The summed E-state index contributed by atoms with van der Waals surface area (Å²) in [6.07, 6.45) is 5.02. The van der Waals surface area contributed by atoms with E-state index in [-0.39, 0.29) is 5.92 Å². The average Bonchev–Trinajstić information content (AvgIpc) is 2.32. The molecule has 0 aliphatic rings. The maximum atomic E-state index is 12.0. The van der Waals surface area contributed by atoms with Gasteiger partial charge in [-0.05, 0) is 18.1 Å². The minimum absolute atomic E-state index is 0.151. The van der Waals surface area contributed by atoms with E-state index in [1.54, 1.807) is 0 Å². The fourth-order valence-electron chi connectivity index (χ4n) is 1.87. The first kappa shape index (κ1) is 14.2. The smallest absolute Gasteiger partial charge is 0.140 e. The molecule has 0 amide bonds. The van der Waals surface area contributed by atoms with Crippen molar-refractivity contribution < 1.29 is 4.79 Å². The standard InChI is InChI=1S/C15H21ClO/c1-3-4-5-8-12(2)15(17)11-13-9-6-7-10-14(13)16/h6-7,9-10,12H,3-5,8,11H2,1-2H3. The molecule has 0 aromatic heterocycles. The van der Waals surface area contributed by atoms with Crippen LogP contribution < -0.4 is 0 Å². The van der Waals surface area contributed by atoms with Crippen molar-refractivity contribution in [1.29, 1.82) is 0 Å². The van der Waals surface area contributed by atoms with Gasteiger partial charge in [-0.3, -0.25) is 4.79 Å². The number of carbonyl (C=O) groups excluding carboxylic acids is 1. The Morgan fingerprint density at radius 1 is 1.29 bits per heavy atom. The molecule has 0 aliphatic heterocycles. The zero-order chi connectivity index (χ0) is 12.7. The van der Waals surface area contributed by atoms with Gasteiger partial charge in [-0.1, -0.05) is 62.9 Å². The van der Waals surface area contributed by atoms with E-state index in [2.05, 4.69) is 6.92 Å². The highest BCUT2D eigenvalue weighted by Gasteiger charge is 2.14. The number of ketones is 1. The molecule has 0 heterocycles. The van der Waals surface area contributed by atoms with Crippen LogP contribution in [0, 0.1) is 5.92 Å². The van der Waals surface area contributed by atoms with Gasteiger partial charge in [0.05, 0.1) is 0 Å². The maximum Gasteiger partial charge on any atom is 0.140 e. The highest BCUT2D eigenvalue weighted by atomic mass is 35.5. The molecule has 1 aromatic rings. The molecule has 1 rings (SSSR count). The zero-order valence-electron chi connectivity index (χ0n) is 10.7. The Morgan fingerprint density at radius 2 is 2.00 bits per heavy atom. The SMILES string of the molecule is CCCCCC(C)C(=O)Cc1ccccc1Cl. The van der Waals surface area contributed by atoms with Crippen molar-refractivity contribution in [3.63, 3.8) is 0 Å². The second-order valence-electron chi connectivity index (χ2n) is 4.63. The molecule has 1 nitrogen and oxygen atoms in total. The summed E-state index contributed by atoms with van der Waals surface area (Å²) in [6.45, 7) is 4.20. The number of halogens is 1. The summed E-state index contributed by atoms with van der Waals surface area (Å²) in [5.74, 6) is 0.451. The number of unbranched alkanes of at least 4 members (excludes halogenated alkanes) is 2. The van der Waals surface area contributed by atoms with Gasteiger partial charge in [-0.2, -0.15) is 0 Å². The Morgan fingerprint density at radius 3 is 2.65 bits per heavy atom. The first-order chi connectivity index (χ1) is 8.15. The lowest BCUT2D eigenvalue weighted by atomic mass is 9.94. The molecule has 94 valence electrons. The Kier molecular flexibility index (Phi) is 6.28. The minimum atomic E-state index is 0.151. The molecule has 0 saturated carbocycles. The minimum Gasteiger partial charge on any atom is -0.299 e. The van der Waals surface area contributed by atoms with Gasteiger partial charge >= 0.3 is 0 Å². The molecule has 0 bridgehead atoms. The maximum absolute atomic E-state index is 12.0. The van der Waals surface area contributed by atoms with Crippen molar-refractivity contribution in [1.82, 2.24) is 0 Å². The molecular formula is C15H21ClO. The summed E-state index contributed by atoms with van der Waals surface area (Å²) >= 11 is 6.05. The Bertz CT molecular complexity index is 360. The van der Waals surface area contributed by atoms with Gasteiger partial charge in [-0.15, -0.1) is 0 Å². The van der Waals surface area contributed by atoms with Crippen molar-refractivity contribution in [2.24, 2.45) is 5.92 Å². The number of benzene rings is 1. The zero-order valence-corrected chi connectivity index (χ0v) is 11.5. The fourth-order valence-corrected chi connectivity index (χ4v) is 2.07. The molecule has 0 fully saturated rings. The summed E-state index contributed by atoms with van der Waals surface area (Å²) < 4.78 is 0. The van der Waals surface area contributed by atoms with Crippen molar-refractivity contribution in [2.45, 2.75) is 46.0 Å². The van der Waals surface area contributed by atoms with Crippen LogP contribution in [-0.2, 0) is 11.2 Å². The van der Waals surface area contributed by atoms with Crippen LogP contribution in [0.2, 0.25) is 5.02 Å². The van der Waals surface area contributed by atoms with Gasteiger partial charge in [-0.25, -0.2) is 0 Å². The van der Waals surface area contributed by atoms with Gasteiger partial charge in [0.1, 0.15) is 5.78 Å². The summed E-state index contributed by atoms with van der Waals surface area (Å²) in [4.78, 5) is 12.0. The lowest BCUT2D eigenvalue weighted by Gasteiger charge is -2.10. The molecule has 1 atom stereocenters. The lowest BCUT2D eigenvalue weighted by molar-refractivity contribution is -0.121. The second kappa shape index (κ2) is 7.50. The molecule has 0 saturated heterocycles. The van der Waals surface area contributed by atoms with Gasteiger partial charge in [0.2, 0.25) is 0 Å². The average molecular weight is 253 g/mol. The van der Waals surface area contributed by atoms with Crippen LogP contribution in [0.25, 0.3) is 0 Å². The van der Waals surface area contributed by atoms with Crippen LogP contribution in [0.5, 0.6) is 0 Å². The monoisotopic (exact) mass is 252 g/mol. The van der Waals surface area contributed by atoms with E-state index in [4.69, 9.17) is 11.6 Å². The highest BCUT2D eigenvalue weighted by Crippen LogP contribution is 2.19. The number of Topliss-reactive ketones (excluding diaryl/α,β-unsaturated/α-hetero) is 1. The van der Waals surface area contributed by atoms with Crippen molar-refractivity contribution >= 4 is 17.4 Å². The number of hydrogen-bond donors (Lipinski definition) is 0. The van der Waals surface area contributed by atoms with Gasteiger partial charge in [0.15, 0.2) is 0 Å². The van der Waals surface area contributed by atoms with Crippen LogP contribution in [-0.4, -0.2) is 5.78 Å². The molecular weight excluding hydrogens is 232 g/mol. The summed E-state index contributed by atoms with van der Waals surface area (Å²) in [6, 6.07) is 7.59. The molecule has 2 heteroatoms. The van der Waals surface area contributed by atoms with Crippen LogP contribution >= 0.6 is 11.6 Å².